The van der Waals surface area contributed by atoms with Gasteiger partial charge in [-0.1, -0.05) is 11.6 Å². The van der Waals surface area contributed by atoms with E-state index in [1.807, 2.05) is 24.3 Å². The molecule has 0 radical (unpaired) electrons. The zero-order valence-electron chi connectivity index (χ0n) is 15.4. The molecule has 27 heavy (non-hydrogen) atoms. The first-order valence-corrected chi connectivity index (χ1v) is 9.64. The molecule has 8 heteroatoms. The molecule has 2 aliphatic rings. The Morgan fingerprint density at radius 1 is 1.15 bits per heavy atom. The number of hydrogen-bond donors (Lipinski definition) is 2. The minimum absolute atomic E-state index is 0. The minimum atomic E-state index is 0. The van der Waals surface area contributed by atoms with E-state index in [9.17, 15) is 4.79 Å². The van der Waals surface area contributed by atoms with Crippen LogP contribution < -0.4 is 15.8 Å². The van der Waals surface area contributed by atoms with E-state index in [1.165, 1.54) is 0 Å². The Hall–Kier alpha value is -0.720. The summed E-state index contributed by atoms with van der Waals surface area (Å²) >= 11 is 5.87. The second-order valence-corrected chi connectivity index (χ2v) is 7.63. The highest BCUT2D eigenvalue weighted by molar-refractivity contribution is 6.30. The van der Waals surface area contributed by atoms with E-state index in [2.05, 4.69) is 10.2 Å². The van der Waals surface area contributed by atoms with Crippen LogP contribution in [-0.4, -0.2) is 49.1 Å². The highest BCUT2D eigenvalue weighted by Crippen LogP contribution is 2.24. The monoisotopic (exact) mass is 437 g/mol. The number of hydrogen-bond acceptors (Lipinski definition) is 4. The number of nitrogens with one attached hydrogen (secondary N) is 1. The van der Waals surface area contributed by atoms with Gasteiger partial charge in [0.05, 0.1) is 0 Å². The van der Waals surface area contributed by atoms with Gasteiger partial charge in [-0.15, -0.1) is 24.8 Å². The van der Waals surface area contributed by atoms with E-state index in [1.54, 1.807) is 0 Å². The number of likely N-dealkylation sites (tertiary alicyclic amines) is 1. The number of halogens is 3. The van der Waals surface area contributed by atoms with Crippen molar-refractivity contribution < 1.29 is 9.53 Å². The van der Waals surface area contributed by atoms with Crippen molar-refractivity contribution in [2.45, 2.75) is 44.2 Å². The number of piperidine rings is 1. The Balaban J connectivity index is 0.00000182. The second-order valence-electron chi connectivity index (χ2n) is 7.20. The fourth-order valence-corrected chi connectivity index (χ4v) is 3.82. The lowest BCUT2D eigenvalue weighted by Crippen LogP contribution is -2.46. The summed E-state index contributed by atoms with van der Waals surface area (Å²) < 4.78 is 5.75. The van der Waals surface area contributed by atoms with Gasteiger partial charge in [-0.25, -0.2) is 0 Å². The molecule has 1 aliphatic carbocycles. The topological polar surface area (TPSA) is 67.6 Å². The summed E-state index contributed by atoms with van der Waals surface area (Å²) in [4.78, 5) is 14.7. The Kier molecular flexibility index (Phi) is 10.8. The summed E-state index contributed by atoms with van der Waals surface area (Å²) in [7, 11) is 0. The largest absolute Gasteiger partial charge is 0.492 e. The van der Waals surface area contributed by atoms with Crippen LogP contribution in [0.4, 0.5) is 0 Å². The van der Waals surface area contributed by atoms with Gasteiger partial charge in [-0.2, -0.15) is 0 Å². The molecule has 2 atom stereocenters. The first-order valence-electron chi connectivity index (χ1n) is 9.27. The SMILES string of the molecule is Cl.Cl.NC1CCC(C(=O)NC2CCN(CCOc3ccc(Cl)cc3)CC2)C1. The van der Waals surface area contributed by atoms with Crippen LogP contribution in [0.15, 0.2) is 24.3 Å². The van der Waals surface area contributed by atoms with Crippen molar-refractivity contribution in [3.8, 4) is 5.75 Å². The van der Waals surface area contributed by atoms with Gasteiger partial charge in [0.1, 0.15) is 12.4 Å². The maximum Gasteiger partial charge on any atom is 0.223 e. The Morgan fingerprint density at radius 3 is 2.41 bits per heavy atom. The number of benzene rings is 1. The van der Waals surface area contributed by atoms with Crippen LogP contribution >= 0.6 is 36.4 Å². The van der Waals surface area contributed by atoms with Crippen molar-refractivity contribution in [1.29, 1.82) is 0 Å². The van der Waals surface area contributed by atoms with Crippen molar-refractivity contribution in [1.82, 2.24) is 10.2 Å². The normalized spacial score (nSPS) is 23.2. The molecule has 1 saturated heterocycles. The molecule has 154 valence electrons. The van der Waals surface area contributed by atoms with Crippen LogP contribution in [0.25, 0.3) is 0 Å². The number of carbonyl (C=O) groups excluding carboxylic acids is 1. The molecule has 1 aromatic rings. The van der Waals surface area contributed by atoms with Gasteiger partial charge in [0.25, 0.3) is 0 Å². The van der Waals surface area contributed by atoms with E-state index >= 15 is 0 Å². The number of ether oxygens (including phenoxy) is 1. The lowest BCUT2D eigenvalue weighted by molar-refractivity contribution is -0.125. The molecule has 2 fully saturated rings. The lowest BCUT2D eigenvalue weighted by atomic mass is 10.0. The van der Waals surface area contributed by atoms with Crippen LogP contribution in [0.5, 0.6) is 5.75 Å². The number of carbonyl (C=O) groups is 1. The fraction of sp³-hybridized carbons (Fsp3) is 0.632. The summed E-state index contributed by atoms with van der Waals surface area (Å²) in [6.45, 7) is 3.57. The Bertz CT molecular complexity index is 566. The molecule has 1 aromatic carbocycles. The van der Waals surface area contributed by atoms with Crippen molar-refractivity contribution in [3.63, 3.8) is 0 Å². The molecule has 0 spiro atoms. The quantitative estimate of drug-likeness (QED) is 0.715. The van der Waals surface area contributed by atoms with E-state index in [0.717, 1.165) is 62.5 Å². The van der Waals surface area contributed by atoms with Gasteiger partial charge in [0.15, 0.2) is 0 Å². The van der Waals surface area contributed by atoms with E-state index < -0.39 is 0 Å². The standard InChI is InChI=1S/C19H28ClN3O2.2ClH/c20-15-2-5-18(6-3-15)25-12-11-23-9-7-17(8-10-23)22-19(24)14-1-4-16(21)13-14;;/h2-3,5-6,14,16-17H,1,4,7-13,21H2,(H,22,24);2*1H. The highest BCUT2D eigenvalue weighted by atomic mass is 35.5. The summed E-state index contributed by atoms with van der Waals surface area (Å²) in [5, 5.41) is 3.94. The first-order chi connectivity index (χ1) is 12.1. The Labute approximate surface area is 179 Å². The molecule has 3 N–H and O–H groups in total. The van der Waals surface area contributed by atoms with E-state index in [0.29, 0.717) is 12.6 Å². The number of nitrogens with two attached hydrogens (primary N) is 1. The molecule has 2 unspecified atom stereocenters. The molecule has 0 bridgehead atoms. The van der Waals surface area contributed by atoms with Crippen LogP contribution in [0, 0.1) is 5.92 Å². The van der Waals surface area contributed by atoms with Crippen LogP contribution in [0.1, 0.15) is 32.1 Å². The number of nitrogens with zero attached hydrogens (tertiary/aromatic N) is 1. The molecular weight excluding hydrogens is 409 g/mol. The molecule has 1 saturated carbocycles. The van der Waals surface area contributed by atoms with Crippen LogP contribution in [0.2, 0.25) is 5.02 Å². The summed E-state index contributed by atoms with van der Waals surface area (Å²) in [6, 6.07) is 7.96. The average molecular weight is 439 g/mol. The zero-order valence-corrected chi connectivity index (χ0v) is 17.8. The van der Waals surface area contributed by atoms with Gasteiger partial charge < -0.3 is 15.8 Å². The summed E-state index contributed by atoms with van der Waals surface area (Å²) in [6.07, 6.45) is 4.77. The molecule has 0 aromatic heterocycles. The third kappa shape index (κ3) is 7.66. The lowest BCUT2D eigenvalue weighted by Gasteiger charge is -2.32. The van der Waals surface area contributed by atoms with E-state index in [-0.39, 0.29) is 42.7 Å². The van der Waals surface area contributed by atoms with Crippen molar-refractivity contribution in [3.05, 3.63) is 29.3 Å². The molecular formula is C19H30Cl3N3O2. The maximum atomic E-state index is 12.3. The molecule has 3 rings (SSSR count). The zero-order chi connectivity index (χ0) is 17.6. The van der Waals surface area contributed by atoms with Crippen molar-refractivity contribution in [2.24, 2.45) is 11.7 Å². The number of rotatable bonds is 6. The highest BCUT2D eigenvalue weighted by Gasteiger charge is 2.29. The average Bonchev–Trinajstić information content (AvgIpc) is 3.05. The van der Waals surface area contributed by atoms with Gasteiger partial charge in [0.2, 0.25) is 5.91 Å². The predicted molar refractivity (Wildman–Crippen MR) is 114 cm³/mol. The molecule has 1 amide bonds. The second kappa shape index (κ2) is 12.0. The van der Waals surface area contributed by atoms with Crippen LogP contribution in [-0.2, 0) is 4.79 Å². The van der Waals surface area contributed by atoms with Gasteiger partial charge >= 0.3 is 0 Å². The number of amides is 1. The first kappa shape index (κ1) is 24.3. The molecule has 5 nitrogen and oxygen atoms in total. The molecule has 1 heterocycles. The van der Waals surface area contributed by atoms with E-state index in [4.69, 9.17) is 22.1 Å². The maximum absolute atomic E-state index is 12.3. The van der Waals surface area contributed by atoms with Gasteiger partial charge in [-0.3, -0.25) is 9.69 Å². The smallest absolute Gasteiger partial charge is 0.223 e. The Morgan fingerprint density at radius 2 is 1.81 bits per heavy atom. The van der Waals surface area contributed by atoms with Gasteiger partial charge in [0, 0.05) is 42.7 Å². The molecule has 1 aliphatic heterocycles. The third-order valence-corrected chi connectivity index (χ3v) is 5.52. The third-order valence-electron chi connectivity index (χ3n) is 5.27. The summed E-state index contributed by atoms with van der Waals surface area (Å²) in [5.74, 6) is 1.18. The predicted octanol–water partition coefficient (Wildman–Crippen LogP) is 3.27. The van der Waals surface area contributed by atoms with Crippen LogP contribution in [0.3, 0.4) is 0 Å². The fourth-order valence-electron chi connectivity index (χ4n) is 3.70. The minimum Gasteiger partial charge on any atom is -0.492 e. The van der Waals surface area contributed by atoms with Gasteiger partial charge in [-0.05, 0) is 56.4 Å². The summed E-state index contributed by atoms with van der Waals surface area (Å²) in [5.41, 5.74) is 5.91. The van der Waals surface area contributed by atoms with Crippen molar-refractivity contribution in [2.75, 3.05) is 26.2 Å². The van der Waals surface area contributed by atoms with Crippen molar-refractivity contribution >= 4 is 42.3 Å².